The van der Waals surface area contributed by atoms with E-state index in [1.165, 1.54) is 24.3 Å². The third-order valence-corrected chi connectivity index (χ3v) is 1.38. The van der Waals surface area contributed by atoms with Gasteiger partial charge in [-0.2, -0.15) is 0 Å². The fourth-order valence-corrected chi connectivity index (χ4v) is 0.848. The van der Waals surface area contributed by atoms with Crippen LogP contribution < -0.4 is 34.7 Å². The number of hydrogen-bond donors (Lipinski definition) is 1. The first-order chi connectivity index (χ1) is 5.63. The number of carbonyl (C=O) groups excluding carboxylic acids is 1. The molecule has 0 spiro atoms. The SMILES string of the molecule is O=C([O-])c1ccccc1C(=O)O.[Na+]. The Bertz CT molecular complexity index is 302. The Morgan fingerprint density at radius 1 is 1.15 bits per heavy atom. The van der Waals surface area contributed by atoms with Crippen molar-refractivity contribution in [3.8, 4) is 0 Å². The van der Waals surface area contributed by atoms with Gasteiger partial charge in [0, 0.05) is 5.56 Å². The summed E-state index contributed by atoms with van der Waals surface area (Å²) in [7, 11) is 0. The molecule has 0 fully saturated rings. The zero-order valence-corrected chi connectivity index (χ0v) is 8.98. The molecule has 5 heteroatoms. The second kappa shape index (κ2) is 5.01. The monoisotopic (exact) mass is 188 g/mol. The third kappa shape index (κ3) is 2.84. The first-order valence-corrected chi connectivity index (χ1v) is 3.16. The zero-order chi connectivity index (χ0) is 9.14. The third-order valence-electron chi connectivity index (χ3n) is 1.38. The van der Waals surface area contributed by atoms with Crippen LogP contribution in [0, 0.1) is 0 Å². The number of aromatic carboxylic acids is 2. The van der Waals surface area contributed by atoms with Gasteiger partial charge in [-0.25, -0.2) is 4.79 Å². The number of benzene rings is 1. The van der Waals surface area contributed by atoms with Gasteiger partial charge in [-0.3, -0.25) is 0 Å². The molecule has 1 rings (SSSR count). The molecule has 1 aromatic rings. The van der Waals surface area contributed by atoms with Crippen LogP contribution in [-0.4, -0.2) is 17.0 Å². The molecule has 0 amide bonds. The summed E-state index contributed by atoms with van der Waals surface area (Å²) in [4.78, 5) is 20.8. The van der Waals surface area contributed by atoms with Crippen LogP contribution in [0.4, 0.5) is 0 Å². The van der Waals surface area contributed by atoms with Crippen molar-refractivity contribution in [2.24, 2.45) is 0 Å². The van der Waals surface area contributed by atoms with Crippen molar-refractivity contribution >= 4 is 11.9 Å². The van der Waals surface area contributed by atoms with Gasteiger partial charge < -0.3 is 15.0 Å². The number of hydrogen-bond acceptors (Lipinski definition) is 3. The van der Waals surface area contributed by atoms with Gasteiger partial charge in [0.15, 0.2) is 0 Å². The van der Waals surface area contributed by atoms with E-state index in [-0.39, 0.29) is 40.7 Å². The largest absolute Gasteiger partial charge is 1.00 e. The molecule has 1 N–H and O–H groups in total. The van der Waals surface area contributed by atoms with E-state index in [0.717, 1.165) is 0 Å². The van der Waals surface area contributed by atoms with E-state index >= 15 is 0 Å². The van der Waals surface area contributed by atoms with Crippen molar-refractivity contribution in [2.75, 3.05) is 0 Å². The summed E-state index contributed by atoms with van der Waals surface area (Å²) in [5, 5.41) is 18.9. The summed E-state index contributed by atoms with van der Waals surface area (Å²) in [5.74, 6) is -2.75. The van der Waals surface area contributed by atoms with Crippen LogP contribution in [0.5, 0.6) is 0 Å². The van der Waals surface area contributed by atoms with Gasteiger partial charge in [0.25, 0.3) is 0 Å². The molecule has 1 aromatic carbocycles. The molecule has 0 bridgehead atoms. The molecule has 0 saturated heterocycles. The first kappa shape index (κ1) is 12.2. The summed E-state index contributed by atoms with van der Waals surface area (Å²) in [6, 6.07) is 5.31. The standard InChI is InChI=1S/C8H6O4.Na/c9-7(10)5-3-1-2-4-6(5)8(11)12;/h1-4H,(H,9,10)(H,11,12);/q;+1/p-1. The normalized spacial score (nSPS) is 8.62. The molecule has 13 heavy (non-hydrogen) atoms. The molecule has 0 aliphatic carbocycles. The van der Waals surface area contributed by atoms with E-state index in [9.17, 15) is 14.7 Å². The van der Waals surface area contributed by atoms with Crippen molar-refractivity contribution in [3.63, 3.8) is 0 Å². The summed E-state index contributed by atoms with van der Waals surface area (Å²) in [6.45, 7) is 0. The predicted molar refractivity (Wildman–Crippen MR) is 37.7 cm³/mol. The minimum absolute atomic E-state index is 0. The maximum Gasteiger partial charge on any atom is 1.00 e. The minimum Gasteiger partial charge on any atom is -0.545 e. The van der Waals surface area contributed by atoms with E-state index in [1.54, 1.807) is 0 Å². The molecule has 0 saturated carbocycles. The van der Waals surface area contributed by atoms with Crippen LogP contribution in [-0.2, 0) is 0 Å². The summed E-state index contributed by atoms with van der Waals surface area (Å²) in [5.41, 5.74) is -0.553. The van der Waals surface area contributed by atoms with Crippen molar-refractivity contribution in [1.82, 2.24) is 0 Å². The average Bonchev–Trinajstić information content (AvgIpc) is 2.04. The van der Waals surface area contributed by atoms with E-state index in [2.05, 4.69) is 0 Å². The molecule has 0 aromatic heterocycles. The van der Waals surface area contributed by atoms with Gasteiger partial charge in [-0.1, -0.05) is 18.2 Å². The van der Waals surface area contributed by atoms with E-state index in [0.29, 0.717) is 0 Å². The molecule has 0 heterocycles. The van der Waals surface area contributed by atoms with Crippen LogP contribution in [0.15, 0.2) is 24.3 Å². The van der Waals surface area contributed by atoms with Crippen molar-refractivity contribution in [2.45, 2.75) is 0 Å². The average molecular weight is 188 g/mol. The van der Waals surface area contributed by atoms with Crippen molar-refractivity contribution < 1.29 is 49.4 Å². The first-order valence-electron chi connectivity index (χ1n) is 3.16. The maximum absolute atomic E-state index is 10.4. The quantitative estimate of drug-likeness (QED) is 0.494. The molecule has 0 aliphatic heterocycles. The Hall–Kier alpha value is -0.840. The molecule has 62 valence electrons. The zero-order valence-electron chi connectivity index (χ0n) is 6.98. The molecule has 4 nitrogen and oxygen atoms in total. The molecular formula is C8H5NaO4. The minimum atomic E-state index is -1.48. The summed E-state index contributed by atoms with van der Waals surface area (Å²) >= 11 is 0. The summed E-state index contributed by atoms with van der Waals surface area (Å²) in [6.07, 6.45) is 0. The van der Waals surface area contributed by atoms with E-state index in [1.807, 2.05) is 0 Å². The van der Waals surface area contributed by atoms with Gasteiger partial charge in [0.05, 0.1) is 11.5 Å². The van der Waals surface area contributed by atoms with Crippen LogP contribution >= 0.6 is 0 Å². The number of rotatable bonds is 2. The maximum atomic E-state index is 10.4. The Balaban J connectivity index is 0.00000144. The molecule has 0 radical (unpaired) electrons. The Labute approximate surface area is 96.5 Å². The topological polar surface area (TPSA) is 77.4 Å². The van der Waals surface area contributed by atoms with Crippen LogP contribution in [0.2, 0.25) is 0 Å². The van der Waals surface area contributed by atoms with Crippen molar-refractivity contribution in [1.29, 1.82) is 0 Å². The molecule has 0 aliphatic rings. The predicted octanol–water partition coefficient (Wildman–Crippen LogP) is -3.25. The fourth-order valence-electron chi connectivity index (χ4n) is 0.848. The van der Waals surface area contributed by atoms with Crippen LogP contribution in [0.3, 0.4) is 0 Å². The Morgan fingerprint density at radius 2 is 1.62 bits per heavy atom. The second-order valence-corrected chi connectivity index (χ2v) is 2.14. The number of carboxylic acids is 2. The number of carboxylic acid groups (broad SMARTS) is 2. The van der Waals surface area contributed by atoms with Gasteiger partial charge in [0.1, 0.15) is 0 Å². The fraction of sp³-hybridized carbons (Fsp3) is 0. The molecule has 0 atom stereocenters. The van der Waals surface area contributed by atoms with Gasteiger partial charge in [0.2, 0.25) is 0 Å². The van der Waals surface area contributed by atoms with Gasteiger partial charge >= 0.3 is 35.5 Å². The van der Waals surface area contributed by atoms with E-state index in [4.69, 9.17) is 5.11 Å². The number of carbonyl (C=O) groups is 2. The summed E-state index contributed by atoms with van der Waals surface area (Å²) < 4.78 is 0. The smallest absolute Gasteiger partial charge is 0.545 e. The molecule has 0 unspecified atom stereocenters. The van der Waals surface area contributed by atoms with Crippen molar-refractivity contribution in [3.05, 3.63) is 35.4 Å². The Kier molecular flexibility index (Phi) is 4.69. The van der Waals surface area contributed by atoms with Crippen LogP contribution in [0.25, 0.3) is 0 Å². The second-order valence-electron chi connectivity index (χ2n) is 2.14. The Morgan fingerprint density at radius 3 is 1.92 bits per heavy atom. The molecular weight excluding hydrogens is 183 g/mol. The van der Waals surface area contributed by atoms with Gasteiger partial charge in [-0.15, -0.1) is 0 Å². The van der Waals surface area contributed by atoms with Gasteiger partial charge in [-0.05, 0) is 6.07 Å². The van der Waals surface area contributed by atoms with E-state index < -0.39 is 11.9 Å². The van der Waals surface area contributed by atoms with Crippen LogP contribution in [0.1, 0.15) is 20.7 Å².